The highest BCUT2D eigenvalue weighted by Gasteiger charge is 2.04. The summed E-state index contributed by atoms with van der Waals surface area (Å²) in [5, 5.41) is 8.61. The Morgan fingerprint density at radius 3 is 2.50 bits per heavy atom. The molecule has 1 aromatic rings. The van der Waals surface area contributed by atoms with Crippen LogP contribution in [0.5, 0.6) is 0 Å². The van der Waals surface area contributed by atoms with E-state index in [1.54, 1.807) is 0 Å². The summed E-state index contributed by atoms with van der Waals surface area (Å²) in [5.74, 6) is 0. The molecule has 0 fully saturated rings. The Hall–Kier alpha value is -0.560. The van der Waals surface area contributed by atoms with Crippen LogP contribution < -0.4 is 0 Å². The summed E-state index contributed by atoms with van der Waals surface area (Å²) < 4.78 is 1.23. The monoisotopic (exact) mass is 271 g/mol. The van der Waals surface area contributed by atoms with Gasteiger partial charge in [0, 0.05) is 3.57 Å². The van der Waals surface area contributed by atoms with E-state index in [1.165, 1.54) is 20.3 Å². The molecule has 0 saturated heterocycles. The van der Waals surface area contributed by atoms with Crippen LogP contribution in [0.1, 0.15) is 16.7 Å². The van der Waals surface area contributed by atoms with Crippen molar-refractivity contribution in [1.82, 2.24) is 0 Å². The molecule has 0 atom stereocenters. The second-order valence-corrected chi connectivity index (χ2v) is 3.91. The van der Waals surface area contributed by atoms with Crippen molar-refractivity contribution in [3.8, 4) is 6.07 Å². The first-order valence-corrected chi connectivity index (χ1v) is 4.86. The van der Waals surface area contributed by atoms with Gasteiger partial charge in [-0.15, -0.1) is 0 Å². The molecule has 0 heterocycles. The third-order valence-corrected chi connectivity index (χ3v) is 3.43. The zero-order chi connectivity index (χ0) is 9.14. The van der Waals surface area contributed by atoms with Gasteiger partial charge < -0.3 is 0 Å². The second kappa shape index (κ2) is 3.90. The number of halogens is 1. The van der Waals surface area contributed by atoms with Crippen LogP contribution in [0.15, 0.2) is 12.1 Å². The first kappa shape index (κ1) is 9.53. The van der Waals surface area contributed by atoms with E-state index in [1.807, 2.05) is 6.92 Å². The smallest absolute Gasteiger partial charge is 0.0670 e. The van der Waals surface area contributed by atoms with Crippen molar-refractivity contribution in [3.63, 3.8) is 0 Å². The van der Waals surface area contributed by atoms with Gasteiger partial charge in [-0.05, 0) is 53.1 Å². The molecule has 0 aliphatic heterocycles. The van der Waals surface area contributed by atoms with Gasteiger partial charge >= 0.3 is 0 Å². The molecule has 0 N–H and O–H groups in total. The lowest BCUT2D eigenvalue weighted by Crippen LogP contribution is -1.94. The molecule has 0 unspecified atom stereocenters. The molecular weight excluding hydrogens is 261 g/mol. The highest BCUT2D eigenvalue weighted by Crippen LogP contribution is 2.20. The van der Waals surface area contributed by atoms with Crippen LogP contribution in [0.2, 0.25) is 0 Å². The molecule has 0 saturated carbocycles. The minimum atomic E-state index is 0.520. The fourth-order valence-electron chi connectivity index (χ4n) is 1.13. The van der Waals surface area contributed by atoms with Gasteiger partial charge in [0.15, 0.2) is 0 Å². The van der Waals surface area contributed by atoms with Crippen LogP contribution in [-0.4, -0.2) is 0 Å². The Bertz CT molecular complexity index is 336. The predicted octanol–water partition coefficient (Wildman–Crippen LogP) is 2.97. The van der Waals surface area contributed by atoms with Gasteiger partial charge in [0.25, 0.3) is 0 Å². The number of benzene rings is 1. The van der Waals surface area contributed by atoms with E-state index in [-0.39, 0.29) is 0 Å². The van der Waals surface area contributed by atoms with Gasteiger partial charge in [-0.2, -0.15) is 5.26 Å². The third-order valence-electron chi connectivity index (χ3n) is 1.93. The first-order chi connectivity index (χ1) is 5.66. The van der Waals surface area contributed by atoms with E-state index in [9.17, 15) is 0 Å². The molecule has 0 radical (unpaired) electrons. The highest BCUT2D eigenvalue weighted by atomic mass is 127. The fourth-order valence-corrected chi connectivity index (χ4v) is 1.93. The van der Waals surface area contributed by atoms with Gasteiger partial charge in [-0.1, -0.05) is 12.1 Å². The standard InChI is InChI=1S/C10H10IN/c1-7-3-4-8(2)10(11)9(7)5-6-12/h3-4H,5H2,1-2H3. The molecule has 1 nitrogen and oxygen atoms in total. The molecule has 62 valence electrons. The molecule has 0 aliphatic rings. The molecule has 2 heteroatoms. The van der Waals surface area contributed by atoms with E-state index < -0.39 is 0 Å². The molecule has 0 aromatic heterocycles. The lowest BCUT2D eigenvalue weighted by molar-refractivity contribution is 1.17. The molecule has 1 rings (SSSR count). The van der Waals surface area contributed by atoms with E-state index in [0.29, 0.717) is 6.42 Å². The van der Waals surface area contributed by atoms with E-state index in [0.717, 1.165) is 0 Å². The summed E-state index contributed by atoms with van der Waals surface area (Å²) in [5.41, 5.74) is 3.65. The van der Waals surface area contributed by atoms with Crippen LogP contribution in [0.3, 0.4) is 0 Å². The summed E-state index contributed by atoms with van der Waals surface area (Å²) in [6, 6.07) is 6.36. The molecule has 12 heavy (non-hydrogen) atoms. The normalized spacial score (nSPS) is 9.50. The molecule has 0 amide bonds. The minimum absolute atomic E-state index is 0.520. The fraction of sp³-hybridized carbons (Fsp3) is 0.300. The Morgan fingerprint density at radius 1 is 1.33 bits per heavy atom. The average molecular weight is 271 g/mol. The largest absolute Gasteiger partial charge is 0.198 e. The minimum Gasteiger partial charge on any atom is -0.198 e. The van der Waals surface area contributed by atoms with Crippen molar-refractivity contribution in [3.05, 3.63) is 32.4 Å². The van der Waals surface area contributed by atoms with Gasteiger partial charge in [-0.3, -0.25) is 0 Å². The predicted molar refractivity (Wildman–Crippen MR) is 58.0 cm³/mol. The second-order valence-electron chi connectivity index (χ2n) is 2.83. The topological polar surface area (TPSA) is 23.8 Å². The van der Waals surface area contributed by atoms with Crippen LogP contribution in [0.25, 0.3) is 0 Å². The van der Waals surface area contributed by atoms with Gasteiger partial charge in [0.2, 0.25) is 0 Å². The van der Waals surface area contributed by atoms with Crippen molar-refractivity contribution in [2.45, 2.75) is 20.3 Å². The number of hydrogen-bond acceptors (Lipinski definition) is 1. The van der Waals surface area contributed by atoms with Crippen LogP contribution in [-0.2, 0) is 6.42 Å². The van der Waals surface area contributed by atoms with Crippen LogP contribution >= 0.6 is 22.6 Å². The van der Waals surface area contributed by atoms with Crippen molar-refractivity contribution < 1.29 is 0 Å². The van der Waals surface area contributed by atoms with Gasteiger partial charge in [-0.25, -0.2) is 0 Å². The number of aryl methyl sites for hydroxylation is 2. The molecule has 1 aromatic carbocycles. The molecule has 0 bridgehead atoms. The van der Waals surface area contributed by atoms with E-state index in [4.69, 9.17) is 5.26 Å². The first-order valence-electron chi connectivity index (χ1n) is 3.78. The Labute approximate surface area is 86.5 Å². The maximum atomic E-state index is 8.61. The summed E-state index contributed by atoms with van der Waals surface area (Å²) in [7, 11) is 0. The lowest BCUT2D eigenvalue weighted by Gasteiger charge is -2.06. The quantitative estimate of drug-likeness (QED) is 0.720. The maximum Gasteiger partial charge on any atom is 0.0670 e. The van der Waals surface area contributed by atoms with E-state index >= 15 is 0 Å². The lowest BCUT2D eigenvalue weighted by atomic mass is 10.0. The summed E-state index contributed by atoms with van der Waals surface area (Å²) >= 11 is 2.30. The zero-order valence-corrected chi connectivity index (χ0v) is 9.34. The van der Waals surface area contributed by atoms with Gasteiger partial charge in [0.05, 0.1) is 12.5 Å². The van der Waals surface area contributed by atoms with Crippen molar-refractivity contribution >= 4 is 22.6 Å². The summed E-state index contributed by atoms with van der Waals surface area (Å²) in [6.45, 7) is 4.12. The number of hydrogen-bond donors (Lipinski definition) is 0. The molecule has 0 spiro atoms. The highest BCUT2D eigenvalue weighted by molar-refractivity contribution is 14.1. The SMILES string of the molecule is Cc1ccc(C)c(CC#N)c1I. The number of nitriles is 1. The number of nitrogens with zero attached hydrogens (tertiary/aromatic N) is 1. The maximum absolute atomic E-state index is 8.61. The number of rotatable bonds is 1. The Morgan fingerprint density at radius 2 is 1.92 bits per heavy atom. The Balaban J connectivity index is 3.25. The van der Waals surface area contributed by atoms with Crippen molar-refractivity contribution in [2.24, 2.45) is 0 Å². The summed E-state index contributed by atoms with van der Waals surface area (Å²) in [4.78, 5) is 0. The van der Waals surface area contributed by atoms with Gasteiger partial charge in [0.1, 0.15) is 0 Å². The molecule has 0 aliphatic carbocycles. The van der Waals surface area contributed by atoms with E-state index in [2.05, 4.69) is 47.7 Å². The average Bonchev–Trinajstić information content (AvgIpc) is 2.06. The van der Waals surface area contributed by atoms with Crippen LogP contribution in [0.4, 0.5) is 0 Å². The van der Waals surface area contributed by atoms with Crippen molar-refractivity contribution in [1.29, 1.82) is 5.26 Å². The zero-order valence-electron chi connectivity index (χ0n) is 7.19. The third kappa shape index (κ3) is 1.78. The Kier molecular flexibility index (Phi) is 3.10. The summed E-state index contributed by atoms with van der Waals surface area (Å²) in [6.07, 6.45) is 0.520. The molecular formula is C10H10IN. The van der Waals surface area contributed by atoms with Crippen LogP contribution in [0, 0.1) is 28.7 Å². The van der Waals surface area contributed by atoms with Crippen molar-refractivity contribution in [2.75, 3.05) is 0 Å².